The van der Waals surface area contributed by atoms with Crippen LogP contribution in [0.25, 0.3) is 0 Å². The van der Waals surface area contributed by atoms with Crippen LogP contribution >= 0.6 is 0 Å². The van der Waals surface area contributed by atoms with E-state index in [1.54, 1.807) is 9.80 Å². The highest BCUT2D eigenvalue weighted by atomic mass is 16.5. The lowest BCUT2D eigenvalue weighted by Crippen LogP contribution is -2.41. The summed E-state index contributed by atoms with van der Waals surface area (Å²) >= 11 is 0. The quantitative estimate of drug-likeness (QED) is 0.735. The number of carboxylic acid groups (broad SMARTS) is 1. The Labute approximate surface area is 117 Å². The van der Waals surface area contributed by atoms with Gasteiger partial charge in [-0.15, -0.1) is 0 Å². The van der Waals surface area contributed by atoms with E-state index in [1.807, 2.05) is 6.92 Å². The first kappa shape index (κ1) is 14.6. The molecule has 0 spiro atoms. The fraction of sp³-hybridized carbons (Fsp3) is 0.769. The predicted molar refractivity (Wildman–Crippen MR) is 69.0 cm³/mol. The molecule has 0 radical (unpaired) electrons. The van der Waals surface area contributed by atoms with Crippen LogP contribution in [0.4, 0.5) is 4.79 Å². The van der Waals surface area contributed by atoms with Gasteiger partial charge in [0, 0.05) is 26.2 Å². The van der Waals surface area contributed by atoms with Crippen LogP contribution in [0.15, 0.2) is 0 Å². The molecule has 0 saturated carbocycles. The number of ether oxygens (including phenoxy) is 1. The summed E-state index contributed by atoms with van der Waals surface area (Å²) in [6, 6.07) is -0.174. The number of carboxylic acids is 1. The van der Waals surface area contributed by atoms with E-state index >= 15 is 0 Å². The van der Waals surface area contributed by atoms with Crippen molar-refractivity contribution in [1.82, 2.24) is 9.80 Å². The lowest BCUT2D eigenvalue weighted by molar-refractivity contribution is -0.145. The molecule has 2 aliphatic rings. The number of carbonyl (C=O) groups is 3. The molecule has 2 aliphatic heterocycles. The lowest BCUT2D eigenvalue weighted by Gasteiger charge is -2.24. The number of aliphatic carboxylic acids is 1. The molecule has 0 aromatic heterocycles. The summed E-state index contributed by atoms with van der Waals surface area (Å²) in [5, 5.41) is 9.08. The van der Waals surface area contributed by atoms with Crippen LogP contribution in [0.5, 0.6) is 0 Å². The summed E-state index contributed by atoms with van der Waals surface area (Å²) in [7, 11) is 1.34. The minimum absolute atomic E-state index is 0.0459. The zero-order valence-corrected chi connectivity index (χ0v) is 11.7. The number of rotatable bonds is 2. The Bertz CT molecular complexity index is 425. The molecule has 0 aromatic rings. The van der Waals surface area contributed by atoms with E-state index < -0.39 is 11.9 Å². The number of likely N-dealkylation sites (tertiary alicyclic amines) is 2. The van der Waals surface area contributed by atoms with Crippen LogP contribution in [0.2, 0.25) is 0 Å². The zero-order chi connectivity index (χ0) is 14.9. The first-order valence-electron chi connectivity index (χ1n) is 6.78. The number of urea groups is 1. The van der Waals surface area contributed by atoms with Crippen LogP contribution in [-0.2, 0) is 14.3 Å². The average molecular weight is 284 g/mol. The van der Waals surface area contributed by atoms with Gasteiger partial charge in [0.15, 0.2) is 0 Å². The summed E-state index contributed by atoms with van der Waals surface area (Å²) < 4.78 is 4.69. The molecule has 0 aromatic carbocycles. The largest absolute Gasteiger partial charge is 0.481 e. The Kier molecular flexibility index (Phi) is 4.15. The van der Waals surface area contributed by atoms with Gasteiger partial charge in [-0.25, -0.2) is 4.79 Å². The molecule has 0 aliphatic carbocycles. The van der Waals surface area contributed by atoms with E-state index in [0.29, 0.717) is 26.1 Å². The molecular weight excluding hydrogens is 264 g/mol. The molecule has 7 nitrogen and oxygen atoms in total. The van der Waals surface area contributed by atoms with Gasteiger partial charge in [-0.3, -0.25) is 9.59 Å². The Morgan fingerprint density at radius 1 is 1.15 bits per heavy atom. The van der Waals surface area contributed by atoms with Crippen LogP contribution in [0, 0.1) is 17.8 Å². The number of amides is 2. The van der Waals surface area contributed by atoms with Crippen molar-refractivity contribution in [2.24, 2.45) is 17.8 Å². The van der Waals surface area contributed by atoms with Crippen molar-refractivity contribution < 1.29 is 24.2 Å². The van der Waals surface area contributed by atoms with Crippen LogP contribution in [0.1, 0.15) is 13.3 Å². The van der Waals surface area contributed by atoms with E-state index in [2.05, 4.69) is 4.74 Å². The summed E-state index contributed by atoms with van der Waals surface area (Å²) in [4.78, 5) is 38.0. The first-order valence-corrected chi connectivity index (χ1v) is 6.78. The van der Waals surface area contributed by atoms with Crippen LogP contribution < -0.4 is 0 Å². The maximum Gasteiger partial charge on any atom is 0.320 e. The highest BCUT2D eigenvalue weighted by Crippen LogP contribution is 2.26. The fourth-order valence-corrected chi connectivity index (χ4v) is 2.94. The SMILES string of the molecule is COC(=O)C1CCN(C(=O)N2CC(C)C(C(=O)O)C2)C1. The Balaban J connectivity index is 1.93. The Morgan fingerprint density at radius 2 is 1.85 bits per heavy atom. The molecule has 0 bridgehead atoms. The maximum absolute atomic E-state index is 12.3. The van der Waals surface area contributed by atoms with Crippen molar-refractivity contribution in [2.75, 3.05) is 33.3 Å². The number of hydrogen-bond donors (Lipinski definition) is 1. The third kappa shape index (κ3) is 2.71. The van der Waals surface area contributed by atoms with Crippen LogP contribution in [-0.4, -0.2) is 66.2 Å². The molecule has 3 unspecified atom stereocenters. The monoisotopic (exact) mass is 284 g/mol. The summed E-state index contributed by atoms with van der Waals surface area (Å²) in [5.41, 5.74) is 0. The molecular formula is C13H20N2O5. The topological polar surface area (TPSA) is 87.2 Å². The third-order valence-corrected chi connectivity index (χ3v) is 4.19. The second-order valence-corrected chi connectivity index (χ2v) is 5.56. The molecule has 112 valence electrons. The van der Waals surface area contributed by atoms with Crippen LogP contribution in [0.3, 0.4) is 0 Å². The van der Waals surface area contributed by atoms with Crippen molar-refractivity contribution in [2.45, 2.75) is 13.3 Å². The van der Waals surface area contributed by atoms with Crippen molar-refractivity contribution >= 4 is 18.0 Å². The van der Waals surface area contributed by atoms with E-state index in [4.69, 9.17) is 5.11 Å². The Hall–Kier alpha value is -1.79. The zero-order valence-electron chi connectivity index (χ0n) is 11.7. The van der Waals surface area contributed by atoms with Gasteiger partial charge in [0.25, 0.3) is 0 Å². The smallest absolute Gasteiger partial charge is 0.320 e. The number of esters is 1. The summed E-state index contributed by atoms with van der Waals surface area (Å²) in [6.07, 6.45) is 0.601. The maximum atomic E-state index is 12.3. The van der Waals surface area contributed by atoms with Gasteiger partial charge in [0.2, 0.25) is 0 Å². The van der Waals surface area contributed by atoms with Gasteiger partial charge < -0.3 is 19.6 Å². The van der Waals surface area contributed by atoms with Gasteiger partial charge in [-0.2, -0.15) is 0 Å². The lowest BCUT2D eigenvalue weighted by atomic mass is 9.99. The second kappa shape index (κ2) is 5.68. The number of methoxy groups -OCH3 is 1. The van der Waals surface area contributed by atoms with Crippen molar-refractivity contribution in [1.29, 1.82) is 0 Å². The molecule has 2 heterocycles. The van der Waals surface area contributed by atoms with Crippen molar-refractivity contribution in [3.8, 4) is 0 Å². The molecule has 2 rings (SSSR count). The average Bonchev–Trinajstić information content (AvgIpc) is 3.03. The first-order chi connectivity index (χ1) is 9.43. The number of carbonyl (C=O) groups excluding carboxylic acids is 2. The Morgan fingerprint density at radius 3 is 2.40 bits per heavy atom. The van der Waals surface area contributed by atoms with Crippen molar-refractivity contribution in [3.05, 3.63) is 0 Å². The highest BCUT2D eigenvalue weighted by Gasteiger charge is 2.40. The van der Waals surface area contributed by atoms with Gasteiger partial charge in [-0.1, -0.05) is 6.92 Å². The minimum Gasteiger partial charge on any atom is -0.481 e. The summed E-state index contributed by atoms with van der Waals surface area (Å²) in [5.74, 6) is -1.96. The number of nitrogens with zero attached hydrogens (tertiary/aromatic N) is 2. The van der Waals surface area contributed by atoms with E-state index in [1.165, 1.54) is 7.11 Å². The molecule has 2 saturated heterocycles. The highest BCUT2D eigenvalue weighted by molar-refractivity contribution is 5.80. The standard InChI is InChI=1S/C13H20N2O5/c1-8-5-15(7-10(8)11(16)17)13(19)14-4-3-9(6-14)12(18)20-2/h8-10H,3-7H2,1-2H3,(H,16,17). The molecule has 7 heteroatoms. The van der Waals surface area contributed by atoms with E-state index in [0.717, 1.165) is 0 Å². The number of hydrogen-bond acceptors (Lipinski definition) is 4. The molecule has 2 fully saturated rings. The van der Waals surface area contributed by atoms with Gasteiger partial charge in [0.1, 0.15) is 0 Å². The molecule has 3 atom stereocenters. The molecule has 20 heavy (non-hydrogen) atoms. The second-order valence-electron chi connectivity index (χ2n) is 5.56. The van der Waals surface area contributed by atoms with Gasteiger partial charge in [0.05, 0.1) is 18.9 Å². The predicted octanol–water partition coefficient (Wildman–Crippen LogP) is 0.254. The molecule has 1 N–H and O–H groups in total. The molecule has 2 amide bonds. The fourth-order valence-electron chi connectivity index (χ4n) is 2.94. The van der Waals surface area contributed by atoms with Gasteiger partial charge in [-0.05, 0) is 12.3 Å². The normalized spacial score (nSPS) is 29.6. The van der Waals surface area contributed by atoms with Gasteiger partial charge >= 0.3 is 18.0 Å². The summed E-state index contributed by atoms with van der Waals surface area (Å²) in [6.45, 7) is 3.41. The van der Waals surface area contributed by atoms with E-state index in [-0.39, 0.29) is 30.4 Å². The third-order valence-electron chi connectivity index (χ3n) is 4.19. The minimum atomic E-state index is -0.860. The van der Waals surface area contributed by atoms with Crippen molar-refractivity contribution in [3.63, 3.8) is 0 Å². The van der Waals surface area contributed by atoms with E-state index in [9.17, 15) is 14.4 Å².